The minimum Gasteiger partial charge on any atom is -0.399 e. The normalized spacial score (nSPS) is 13.7. The van der Waals surface area contributed by atoms with Crippen molar-refractivity contribution in [3.05, 3.63) is 24.3 Å². The number of benzene rings is 1. The van der Waals surface area contributed by atoms with Gasteiger partial charge in [-0.15, -0.1) is 0 Å². The molecule has 4 N–H and O–H groups in total. The fourth-order valence-electron chi connectivity index (χ4n) is 1.92. The molecule has 0 aliphatic heterocycles. The second-order valence-electron chi connectivity index (χ2n) is 4.56. The van der Waals surface area contributed by atoms with Crippen LogP contribution in [0.4, 0.5) is 5.69 Å². The fourth-order valence-corrected chi connectivity index (χ4v) is 2.98. The zero-order chi connectivity index (χ0) is 14.5. The average Bonchev–Trinajstić information content (AvgIpc) is 2.38. The molecule has 0 aromatic heterocycles. The molecule has 0 heterocycles. The molecule has 0 bridgehead atoms. The summed E-state index contributed by atoms with van der Waals surface area (Å²) in [6, 6.07) is 5.96. The van der Waals surface area contributed by atoms with E-state index in [1.54, 1.807) is 0 Å². The molecule has 1 rings (SSSR count). The van der Waals surface area contributed by atoms with E-state index >= 15 is 0 Å². The Labute approximate surface area is 114 Å². The van der Waals surface area contributed by atoms with Gasteiger partial charge in [0.05, 0.1) is 11.0 Å². The smallest absolute Gasteiger partial charge is 0.240 e. The molecule has 0 aliphatic carbocycles. The van der Waals surface area contributed by atoms with E-state index in [0.717, 1.165) is 12.8 Å². The van der Waals surface area contributed by atoms with E-state index in [-0.39, 0.29) is 17.4 Å². The van der Waals surface area contributed by atoms with Crippen LogP contribution in [0.2, 0.25) is 0 Å². The number of rotatable bonds is 7. The molecule has 0 radical (unpaired) electrons. The van der Waals surface area contributed by atoms with Crippen LogP contribution < -0.4 is 10.5 Å². The first-order valence-corrected chi connectivity index (χ1v) is 7.92. The van der Waals surface area contributed by atoms with E-state index in [4.69, 9.17) is 5.73 Å². The van der Waals surface area contributed by atoms with Gasteiger partial charge < -0.3 is 10.8 Å². The van der Waals surface area contributed by atoms with Crippen molar-refractivity contribution in [2.45, 2.75) is 37.7 Å². The van der Waals surface area contributed by atoms with Crippen LogP contribution >= 0.6 is 0 Å². The summed E-state index contributed by atoms with van der Waals surface area (Å²) in [6.45, 7) is 3.98. The summed E-state index contributed by atoms with van der Waals surface area (Å²) in [6.07, 6.45) is 0.973. The number of nitrogen functional groups attached to an aromatic ring is 1. The van der Waals surface area contributed by atoms with Crippen LogP contribution in [0.25, 0.3) is 0 Å². The second kappa shape index (κ2) is 6.88. The van der Waals surface area contributed by atoms with Crippen molar-refractivity contribution >= 4 is 15.7 Å². The van der Waals surface area contributed by atoms with Gasteiger partial charge >= 0.3 is 0 Å². The monoisotopic (exact) mass is 286 g/mol. The van der Waals surface area contributed by atoms with Gasteiger partial charge in [-0.25, -0.2) is 13.1 Å². The molecule has 0 spiro atoms. The van der Waals surface area contributed by atoms with Gasteiger partial charge in [0.2, 0.25) is 10.0 Å². The molecule has 5 nitrogen and oxygen atoms in total. The summed E-state index contributed by atoms with van der Waals surface area (Å²) < 4.78 is 26.4. The number of nitrogens with one attached hydrogen (secondary N) is 1. The van der Waals surface area contributed by atoms with E-state index in [1.807, 2.05) is 13.8 Å². The van der Waals surface area contributed by atoms with Crippen molar-refractivity contribution in [3.63, 3.8) is 0 Å². The molecular formula is C13H22N2O3S. The number of nitrogens with two attached hydrogens (primary N) is 1. The third-order valence-electron chi connectivity index (χ3n) is 3.27. The Morgan fingerprint density at radius 2 is 1.74 bits per heavy atom. The number of hydrogen-bond donors (Lipinski definition) is 3. The highest BCUT2D eigenvalue weighted by atomic mass is 32.2. The van der Waals surface area contributed by atoms with Gasteiger partial charge in [0.15, 0.2) is 0 Å². The molecular weight excluding hydrogens is 264 g/mol. The number of sulfonamides is 1. The Kier molecular flexibility index (Phi) is 5.78. The van der Waals surface area contributed by atoms with Gasteiger partial charge in [-0.3, -0.25) is 0 Å². The lowest BCUT2D eigenvalue weighted by Crippen LogP contribution is -2.36. The summed E-state index contributed by atoms with van der Waals surface area (Å²) in [5.74, 6) is 0.106. The molecule has 1 aromatic carbocycles. The van der Waals surface area contributed by atoms with E-state index in [0.29, 0.717) is 5.69 Å². The number of anilines is 1. The highest BCUT2D eigenvalue weighted by molar-refractivity contribution is 7.89. The lowest BCUT2D eigenvalue weighted by atomic mass is 9.97. The molecule has 0 amide bonds. The van der Waals surface area contributed by atoms with Crippen molar-refractivity contribution in [3.8, 4) is 0 Å². The Hall–Kier alpha value is -1.11. The van der Waals surface area contributed by atoms with Crippen LogP contribution in [0, 0.1) is 5.92 Å². The SMILES string of the molecule is CCC(CC)C(O)CNS(=O)(=O)c1ccc(N)cc1. The minimum absolute atomic E-state index is 0.0268. The highest BCUT2D eigenvalue weighted by Crippen LogP contribution is 2.14. The summed E-state index contributed by atoms with van der Waals surface area (Å²) in [5, 5.41) is 9.92. The largest absolute Gasteiger partial charge is 0.399 e. The Bertz CT molecular complexity index is 481. The minimum atomic E-state index is -3.59. The number of aliphatic hydroxyl groups is 1. The molecule has 0 fully saturated rings. The maximum Gasteiger partial charge on any atom is 0.240 e. The summed E-state index contributed by atoms with van der Waals surface area (Å²) in [5.41, 5.74) is 6.02. The third-order valence-corrected chi connectivity index (χ3v) is 4.71. The topological polar surface area (TPSA) is 92.4 Å². The molecule has 0 saturated heterocycles. The Morgan fingerprint density at radius 3 is 2.21 bits per heavy atom. The fraction of sp³-hybridized carbons (Fsp3) is 0.538. The Balaban J connectivity index is 2.68. The maximum atomic E-state index is 12.0. The molecule has 0 aliphatic rings. The van der Waals surface area contributed by atoms with E-state index in [2.05, 4.69) is 4.72 Å². The van der Waals surface area contributed by atoms with E-state index in [1.165, 1.54) is 24.3 Å². The number of hydrogen-bond acceptors (Lipinski definition) is 4. The summed E-state index contributed by atoms with van der Waals surface area (Å²) >= 11 is 0. The predicted molar refractivity (Wildman–Crippen MR) is 76.1 cm³/mol. The van der Waals surface area contributed by atoms with Crippen molar-refractivity contribution in [2.24, 2.45) is 5.92 Å². The first kappa shape index (κ1) is 15.9. The van der Waals surface area contributed by atoms with Gasteiger partial charge in [-0.2, -0.15) is 0 Å². The molecule has 1 aromatic rings. The highest BCUT2D eigenvalue weighted by Gasteiger charge is 2.19. The van der Waals surface area contributed by atoms with Gasteiger partial charge in [-0.05, 0) is 30.2 Å². The lowest BCUT2D eigenvalue weighted by molar-refractivity contribution is 0.107. The number of aliphatic hydroxyl groups excluding tert-OH is 1. The first-order valence-electron chi connectivity index (χ1n) is 6.44. The molecule has 6 heteroatoms. The van der Waals surface area contributed by atoms with E-state index in [9.17, 15) is 13.5 Å². The summed E-state index contributed by atoms with van der Waals surface area (Å²) in [7, 11) is -3.59. The van der Waals surface area contributed by atoms with Crippen LogP contribution in [0.3, 0.4) is 0 Å². The van der Waals surface area contributed by atoms with Crippen LogP contribution in [-0.2, 0) is 10.0 Å². The van der Waals surface area contributed by atoms with Crippen LogP contribution in [0.1, 0.15) is 26.7 Å². The Morgan fingerprint density at radius 1 is 1.21 bits per heavy atom. The molecule has 108 valence electrons. The molecule has 0 saturated carbocycles. The first-order chi connectivity index (χ1) is 8.90. The van der Waals surface area contributed by atoms with Crippen molar-refractivity contribution in [2.75, 3.05) is 12.3 Å². The van der Waals surface area contributed by atoms with Gasteiger partial charge in [0, 0.05) is 12.2 Å². The van der Waals surface area contributed by atoms with Crippen molar-refractivity contribution < 1.29 is 13.5 Å². The summed E-state index contributed by atoms with van der Waals surface area (Å²) in [4.78, 5) is 0.151. The molecule has 1 unspecified atom stereocenters. The van der Waals surface area contributed by atoms with Crippen molar-refractivity contribution in [1.29, 1.82) is 0 Å². The average molecular weight is 286 g/mol. The lowest BCUT2D eigenvalue weighted by Gasteiger charge is -2.20. The molecule has 19 heavy (non-hydrogen) atoms. The van der Waals surface area contributed by atoms with Crippen LogP contribution in [-0.4, -0.2) is 26.2 Å². The van der Waals surface area contributed by atoms with Crippen molar-refractivity contribution in [1.82, 2.24) is 4.72 Å². The van der Waals surface area contributed by atoms with E-state index < -0.39 is 16.1 Å². The zero-order valence-corrected chi connectivity index (χ0v) is 12.2. The van der Waals surface area contributed by atoms with Crippen LogP contribution in [0.15, 0.2) is 29.2 Å². The third kappa shape index (κ3) is 4.49. The standard InChI is InChI=1S/C13H22N2O3S/c1-3-10(4-2)13(16)9-15-19(17,18)12-7-5-11(14)6-8-12/h5-8,10,13,15-16H,3-4,9,14H2,1-2H3. The maximum absolute atomic E-state index is 12.0. The quantitative estimate of drug-likeness (QED) is 0.660. The van der Waals surface area contributed by atoms with Gasteiger partial charge in [0.25, 0.3) is 0 Å². The second-order valence-corrected chi connectivity index (χ2v) is 6.33. The molecule has 1 atom stereocenters. The predicted octanol–water partition coefficient (Wildman–Crippen LogP) is 1.34. The zero-order valence-electron chi connectivity index (χ0n) is 11.3. The van der Waals surface area contributed by atoms with Gasteiger partial charge in [-0.1, -0.05) is 26.7 Å². The van der Waals surface area contributed by atoms with Gasteiger partial charge in [0.1, 0.15) is 0 Å². The van der Waals surface area contributed by atoms with Crippen LogP contribution in [0.5, 0.6) is 0 Å².